The Bertz CT molecular complexity index is 286. The van der Waals surface area contributed by atoms with E-state index in [1.54, 1.807) is 11.3 Å². The lowest BCUT2D eigenvalue weighted by Gasteiger charge is -2.39. The molecule has 0 saturated carbocycles. The molecule has 2 heterocycles. The van der Waals surface area contributed by atoms with Crippen LogP contribution >= 0.6 is 11.3 Å². The fourth-order valence-corrected chi connectivity index (χ4v) is 2.76. The van der Waals surface area contributed by atoms with Crippen molar-refractivity contribution >= 4 is 11.3 Å². The van der Waals surface area contributed by atoms with Gasteiger partial charge in [-0.15, -0.1) is 0 Å². The van der Waals surface area contributed by atoms with Crippen molar-refractivity contribution in [3.63, 3.8) is 0 Å². The van der Waals surface area contributed by atoms with E-state index in [-0.39, 0.29) is 0 Å². The van der Waals surface area contributed by atoms with Crippen molar-refractivity contribution in [1.82, 2.24) is 9.80 Å². The lowest BCUT2D eigenvalue weighted by Crippen LogP contribution is -2.54. The van der Waals surface area contributed by atoms with Crippen molar-refractivity contribution in [1.29, 1.82) is 0 Å². The SMILES string of the molecule is CN1CCN(Cc2ccsc2)C(CN)C1. The van der Waals surface area contributed by atoms with Gasteiger partial charge in [0.15, 0.2) is 0 Å². The zero-order valence-corrected chi connectivity index (χ0v) is 10.0. The van der Waals surface area contributed by atoms with Crippen molar-refractivity contribution in [3.8, 4) is 0 Å². The number of hydrogen-bond acceptors (Lipinski definition) is 4. The molecule has 1 aromatic rings. The second kappa shape index (κ2) is 5.07. The maximum atomic E-state index is 5.82. The predicted octanol–water partition coefficient (Wildman–Crippen LogP) is 0.823. The summed E-state index contributed by atoms with van der Waals surface area (Å²) < 4.78 is 0. The van der Waals surface area contributed by atoms with Crippen LogP contribution < -0.4 is 5.73 Å². The highest BCUT2D eigenvalue weighted by atomic mass is 32.1. The molecule has 0 aliphatic carbocycles. The molecule has 1 unspecified atom stereocenters. The number of likely N-dealkylation sites (N-methyl/N-ethyl adjacent to an activating group) is 1. The summed E-state index contributed by atoms with van der Waals surface area (Å²) in [7, 11) is 2.17. The van der Waals surface area contributed by atoms with E-state index in [4.69, 9.17) is 5.73 Å². The van der Waals surface area contributed by atoms with Crippen molar-refractivity contribution in [2.45, 2.75) is 12.6 Å². The van der Waals surface area contributed by atoms with Gasteiger partial charge in [-0.3, -0.25) is 4.90 Å². The van der Waals surface area contributed by atoms with Crippen LogP contribution in [0.25, 0.3) is 0 Å². The van der Waals surface area contributed by atoms with Crippen molar-refractivity contribution in [2.24, 2.45) is 5.73 Å². The molecule has 3 nitrogen and oxygen atoms in total. The second-order valence-corrected chi connectivity index (χ2v) is 5.03. The standard InChI is InChI=1S/C11H19N3S/c1-13-3-4-14(11(6-12)8-13)7-10-2-5-15-9-10/h2,5,9,11H,3-4,6-8,12H2,1H3. The van der Waals surface area contributed by atoms with E-state index < -0.39 is 0 Å². The average molecular weight is 225 g/mol. The molecular weight excluding hydrogens is 206 g/mol. The van der Waals surface area contributed by atoms with Gasteiger partial charge in [0.2, 0.25) is 0 Å². The molecule has 0 spiro atoms. The van der Waals surface area contributed by atoms with Crippen LogP contribution in [-0.4, -0.2) is 49.1 Å². The topological polar surface area (TPSA) is 32.5 Å². The Morgan fingerprint density at radius 1 is 1.53 bits per heavy atom. The summed E-state index contributed by atoms with van der Waals surface area (Å²) in [4.78, 5) is 4.86. The Kier molecular flexibility index (Phi) is 3.75. The number of hydrogen-bond donors (Lipinski definition) is 1. The molecule has 0 amide bonds. The molecule has 1 saturated heterocycles. The first-order valence-corrected chi connectivity index (χ1v) is 6.37. The summed E-state index contributed by atoms with van der Waals surface area (Å²) in [5, 5.41) is 4.37. The van der Waals surface area contributed by atoms with Crippen molar-refractivity contribution in [3.05, 3.63) is 22.4 Å². The average Bonchev–Trinajstić information content (AvgIpc) is 2.73. The van der Waals surface area contributed by atoms with Crippen LogP contribution in [0.4, 0.5) is 0 Å². The molecule has 1 atom stereocenters. The normalized spacial score (nSPS) is 24.5. The van der Waals surface area contributed by atoms with Gasteiger partial charge in [-0.05, 0) is 29.4 Å². The molecule has 1 fully saturated rings. The van der Waals surface area contributed by atoms with Gasteiger partial charge in [0.25, 0.3) is 0 Å². The van der Waals surface area contributed by atoms with Crippen LogP contribution in [-0.2, 0) is 6.54 Å². The zero-order valence-electron chi connectivity index (χ0n) is 9.22. The third kappa shape index (κ3) is 2.78. The molecule has 0 radical (unpaired) electrons. The largest absolute Gasteiger partial charge is 0.329 e. The lowest BCUT2D eigenvalue weighted by molar-refractivity contribution is 0.0882. The first-order chi connectivity index (χ1) is 7.29. The van der Waals surface area contributed by atoms with Crippen LogP contribution in [0.3, 0.4) is 0 Å². The molecular formula is C11H19N3S. The summed E-state index contributed by atoms with van der Waals surface area (Å²) in [5.74, 6) is 0. The summed E-state index contributed by atoms with van der Waals surface area (Å²) in [6.45, 7) is 5.20. The molecule has 84 valence electrons. The van der Waals surface area contributed by atoms with E-state index in [1.165, 1.54) is 5.56 Å². The summed E-state index contributed by atoms with van der Waals surface area (Å²) >= 11 is 1.77. The number of nitrogens with two attached hydrogens (primary N) is 1. The molecule has 2 rings (SSSR count). The van der Waals surface area contributed by atoms with E-state index in [9.17, 15) is 0 Å². The fraction of sp³-hybridized carbons (Fsp3) is 0.636. The molecule has 4 heteroatoms. The Balaban J connectivity index is 1.95. The summed E-state index contributed by atoms with van der Waals surface area (Å²) in [6, 6.07) is 2.72. The smallest absolute Gasteiger partial charge is 0.0349 e. The van der Waals surface area contributed by atoms with Crippen molar-refractivity contribution in [2.75, 3.05) is 33.2 Å². The van der Waals surface area contributed by atoms with E-state index in [1.807, 2.05) is 0 Å². The van der Waals surface area contributed by atoms with Gasteiger partial charge in [-0.25, -0.2) is 0 Å². The minimum Gasteiger partial charge on any atom is -0.329 e. The fourth-order valence-electron chi connectivity index (χ4n) is 2.10. The molecule has 1 aliphatic rings. The third-order valence-corrected chi connectivity index (χ3v) is 3.78. The zero-order chi connectivity index (χ0) is 10.7. The molecule has 2 N–H and O–H groups in total. The van der Waals surface area contributed by atoms with Crippen LogP contribution in [0.15, 0.2) is 16.8 Å². The van der Waals surface area contributed by atoms with Gasteiger partial charge in [0, 0.05) is 38.8 Å². The third-order valence-electron chi connectivity index (χ3n) is 3.05. The van der Waals surface area contributed by atoms with Gasteiger partial charge in [0.1, 0.15) is 0 Å². The molecule has 0 aromatic carbocycles. The summed E-state index contributed by atoms with van der Waals surface area (Å²) in [5.41, 5.74) is 7.24. The first kappa shape index (κ1) is 11.1. The minimum atomic E-state index is 0.517. The monoisotopic (exact) mass is 225 g/mol. The number of thiophene rings is 1. The van der Waals surface area contributed by atoms with E-state index in [2.05, 4.69) is 33.7 Å². The van der Waals surface area contributed by atoms with Gasteiger partial charge < -0.3 is 10.6 Å². The Labute approximate surface area is 95.5 Å². The maximum absolute atomic E-state index is 5.82. The second-order valence-electron chi connectivity index (χ2n) is 4.25. The highest BCUT2D eigenvalue weighted by Gasteiger charge is 2.23. The molecule has 0 bridgehead atoms. The minimum absolute atomic E-state index is 0.517. The van der Waals surface area contributed by atoms with Crippen LogP contribution in [0.5, 0.6) is 0 Å². The van der Waals surface area contributed by atoms with Crippen LogP contribution in [0.1, 0.15) is 5.56 Å². The van der Waals surface area contributed by atoms with Gasteiger partial charge in [0.05, 0.1) is 0 Å². The van der Waals surface area contributed by atoms with Gasteiger partial charge in [-0.1, -0.05) is 0 Å². The number of rotatable bonds is 3. The van der Waals surface area contributed by atoms with Crippen molar-refractivity contribution < 1.29 is 0 Å². The first-order valence-electron chi connectivity index (χ1n) is 5.43. The Morgan fingerprint density at radius 2 is 2.40 bits per heavy atom. The Hall–Kier alpha value is -0.420. The number of nitrogens with zero attached hydrogens (tertiary/aromatic N) is 2. The molecule has 1 aromatic heterocycles. The van der Waals surface area contributed by atoms with Gasteiger partial charge >= 0.3 is 0 Å². The predicted molar refractivity (Wildman–Crippen MR) is 65.1 cm³/mol. The van der Waals surface area contributed by atoms with Crippen LogP contribution in [0, 0.1) is 0 Å². The van der Waals surface area contributed by atoms with Gasteiger partial charge in [-0.2, -0.15) is 11.3 Å². The van der Waals surface area contributed by atoms with E-state index in [0.717, 1.165) is 32.7 Å². The van der Waals surface area contributed by atoms with E-state index in [0.29, 0.717) is 6.04 Å². The van der Waals surface area contributed by atoms with Crippen LogP contribution in [0.2, 0.25) is 0 Å². The highest BCUT2D eigenvalue weighted by Crippen LogP contribution is 2.14. The quantitative estimate of drug-likeness (QED) is 0.827. The molecule has 1 aliphatic heterocycles. The highest BCUT2D eigenvalue weighted by molar-refractivity contribution is 7.07. The lowest BCUT2D eigenvalue weighted by atomic mass is 10.1. The van der Waals surface area contributed by atoms with E-state index >= 15 is 0 Å². The summed E-state index contributed by atoms with van der Waals surface area (Å²) in [6.07, 6.45) is 0. The molecule has 15 heavy (non-hydrogen) atoms. The number of piperazine rings is 1. The maximum Gasteiger partial charge on any atom is 0.0349 e. The Morgan fingerprint density at radius 3 is 3.07 bits per heavy atom.